The van der Waals surface area contributed by atoms with Crippen LogP contribution in [-0.2, 0) is 22.2 Å². The fourth-order valence-electron chi connectivity index (χ4n) is 1.69. The Bertz CT molecular complexity index is 660. The molecule has 1 aromatic rings. The lowest BCUT2D eigenvalue weighted by atomic mass is 10.0. The number of carbonyl (C=O) groups excluding carboxylic acids is 1. The summed E-state index contributed by atoms with van der Waals surface area (Å²) in [5.41, 5.74) is 1.23. The fraction of sp³-hybridized carbons (Fsp3) is 0.231. The highest BCUT2D eigenvalue weighted by molar-refractivity contribution is 6.19. The minimum absolute atomic E-state index is 0.189. The van der Waals surface area contributed by atoms with Crippen molar-refractivity contribution in [2.75, 3.05) is 0 Å². The molecule has 0 atom stereocenters. The third-order valence-electron chi connectivity index (χ3n) is 2.67. The molecule has 0 heterocycles. The van der Waals surface area contributed by atoms with Crippen LogP contribution >= 0.6 is 0 Å². The van der Waals surface area contributed by atoms with E-state index in [9.17, 15) is 35.9 Å². The first-order valence-electron chi connectivity index (χ1n) is 5.83. The third-order valence-corrected chi connectivity index (χ3v) is 2.67. The number of ketones is 1. The molecule has 0 unspecified atom stereocenters. The molecule has 0 amide bonds. The van der Waals surface area contributed by atoms with Gasteiger partial charge in [-0.3, -0.25) is 4.79 Å². The average Bonchev–Trinajstić information content (AvgIpc) is 2.36. The molecule has 23 heavy (non-hydrogen) atoms. The standard InChI is InChI=1S/C13H9F6NO3/c14-12(15,16)7-3-1-2-6(4-7)5-8(20)9(11(22)23)10(21)13(17,18)19/h1-4H,5,20H2,(H,22,23)/b9-8-. The number of alkyl halides is 6. The Labute approximate surface area is 125 Å². The van der Waals surface area contributed by atoms with Gasteiger partial charge in [-0.2, -0.15) is 26.3 Å². The normalized spacial score (nSPS) is 13.5. The van der Waals surface area contributed by atoms with E-state index in [-0.39, 0.29) is 5.56 Å². The van der Waals surface area contributed by atoms with E-state index in [0.29, 0.717) is 6.07 Å². The van der Waals surface area contributed by atoms with Crippen LogP contribution in [0, 0.1) is 0 Å². The van der Waals surface area contributed by atoms with Crippen molar-refractivity contribution < 1.29 is 41.0 Å². The summed E-state index contributed by atoms with van der Waals surface area (Å²) in [6, 6.07) is 3.42. The minimum atomic E-state index is -5.47. The van der Waals surface area contributed by atoms with Gasteiger partial charge in [0.2, 0.25) is 0 Å². The van der Waals surface area contributed by atoms with Crippen LogP contribution in [0.15, 0.2) is 35.5 Å². The number of aliphatic carboxylic acids is 1. The number of halogens is 6. The van der Waals surface area contributed by atoms with E-state index in [1.54, 1.807) is 0 Å². The van der Waals surface area contributed by atoms with Gasteiger partial charge in [-0.1, -0.05) is 18.2 Å². The Hall–Kier alpha value is -2.52. The lowest BCUT2D eigenvalue weighted by Crippen LogP contribution is -2.31. The van der Waals surface area contributed by atoms with Crippen LogP contribution in [0.5, 0.6) is 0 Å². The van der Waals surface area contributed by atoms with E-state index < -0.39 is 47.4 Å². The van der Waals surface area contributed by atoms with Crippen LogP contribution in [0.4, 0.5) is 26.3 Å². The molecule has 0 saturated carbocycles. The summed E-state index contributed by atoms with van der Waals surface area (Å²) in [7, 11) is 0. The summed E-state index contributed by atoms with van der Waals surface area (Å²) in [5, 5.41) is 8.70. The molecule has 0 saturated heterocycles. The highest BCUT2D eigenvalue weighted by Crippen LogP contribution is 2.30. The first kappa shape index (κ1) is 18.5. The van der Waals surface area contributed by atoms with Crippen molar-refractivity contribution in [3.05, 3.63) is 46.7 Å². The van der Waals surface area contributed by atoms with Gasteiger partial charge in [0.05, 0.1) is 5.56 Å². The number of carbonyl (C=O) groups is 2. The summed E-state index contributed by atoms with van der Waals surface area (Å²) < 4.78 is 74.6. The van der Waals surface area contributed by atoms with Gasteiger partial charge in [-0.25, -0.2) is 4.79 Å². The van der Waals surface area contributed by atoms with Crippen molar-refractivity contribution in [1.82, 2.24) is 0 Å². The number of allylic oxidation sites excluding steroid dienone is 1. The van der Waals surface area contributed by atoms with Crippen molar-refractivity contribution in [2.45, 2.75) is 18.8 Å². The predicted molar refractivity (Wildman–Crippen MR) is 65.1 cm³/mol. The molecule has 0 fully saturated rings. The Balaban J connectivity index is 3.24. The number of carboxylic acid groups (broad SMARTS) is 1. The van der Waals surface area contributed by atoms with Gasteiger partial charge < -0.3 is 10.8 Å². The van der Waals surface area contributed by atoms with Crippen molar-refractivity contribution in [2.24, 2.45) is 5.73 Å². The molecule has 0 aromatic heterocycles. The smallest absolute Gasteiger partial charge is 0.455 e. The molecular weight excluding hydrogens is 332 g/mol. The minimum Gasteiger partial charge on any atom is -0.477 e. The maximum atomic E-state index is 12.5. The molecule has 0 aliphatic rings. The maximum Gasteiger partial charge on any atom is 0.455 e. The Morgan fingerprint density at radius 2 is 1.65 bits per heavy atom. The van der Waals surface area contributed by atoms with Crippen molar-refractivity contribution >= 4 is 11.8 Å². The Morgan fingerprint density at radius 1 is 1.09 bits per heavy atom. The zero-order valence-corrected chi connectivity index (χ0v) is 11.1. The molecule has 4 nitrogen and oxygen atoms in total. The largest absolute Gasteiger partial charge is 0.477 e. The van der Waals surface area contributed by atoms with Crippen molar-refractivity contribution in [3.8, 4) is 0 Å². The van der Waals surface area contributed by atoms with Gasteiger partial charge in [0.15, 0.2) is 0 Å². The van der Waals surface area contributed by atoms with E-state index >= 15 is 0 Å². The third kappa shape index (κ3) is 4.73. The number of rotatable bonds is 4. The van der Waals surface area contributed by atoms with E-state index in [0.717, 1.165) is 18.2 Å². The number of benzene rings is 1. The fourth-order valence-corrected chi connectivity index (χ4v) is 1.69. The monoisotopic (exact) mass is 341 g/mol. The van der Waals surface area contributed by atoms with Gasteiger partial charge in [-0.05, 0) is 11.6 Å². The van der Waals surface area contributed by atoms with Gasteiger partial charge in [0, 0.05) is 12.1 Å². The molecule has 0 radical (unpaired) electrons. The maximum absolute atomic E-state index is 12.5. The first-order valence-corrected chi connectivity index (χ1v) is 5.83. The summed E-state index contributed by atoms with van der Waals surface area (Å²) in [4.78, 5) is 21.8. The highest BCUT2D eigenvalue weighted by atomic mass is 19.4. The molecule has 3 N–H and O–H groups in total. The lowest BCUT2D eigenvalue weighted by Gasteiger charge is -2.11. The highest BCUT2D eigenvalue weighted by Gasteiger charge is 2.44. The zero-order chi connectivity index (χ0) is 18.0. The van der Waals surface area contributed by atoms with Gasteiger partial charge in [0.25, 0.3) is 5.78 Å². The summed E-state index contributed by atoms with van der Waals surface area (Å²) >= 11 is 0. The van der Waals surface area contributed by atoms with Crippen molar-refractivity contribution in [3.63, 3.8) is 0 Å². The number of hydrogen-bond acceptors (Lipinski definition) is 3. The molecule has 0 bridgehead atoms. The summed E-state index contributed by atoms with van der Waals surface area (Å²) in [6.07, 6.45) is -10.9. The molecular formula is C13H9F6NO3. The van der Waals surface area contributed by atoms with Crippen LogP contribution < -0.4 is 5.73 Å². The molecule has 1 aromatic carbocycles. The van der Waals surface area contributed by atoms with Gasteiger partial charge in [0.1, 0.15) is 5.57 Å². The molecule has 0 aliphatic heterocycles. The summed E-state index contributed by atoms with van der Waals surface area (Å²) in [5.74, 6) is -4.88. The van der Waals surface area contributed by atoms with Crippen LogP contribution in [0.3, 0.4) is 0 Å². The van der Waals surface area contributed by atoms with Crippen LogP contribution in [-0.4, -0.2) is 23.0 Å². The van der Waals surface area contributed by atoms with E-state index in [2.05, 4.69) is 0 Å². The Morgan fingerprint density at radius 3 is 2.09 bits per heavy atom. The van der Waals surface area contributed by atoms with E-state index in [4.69, 9.17) is 10.8 Å². The van der Waals surface area contributed by atoms with Gasteiger partial charge >= 0.3 is 18.3 Å². The number of carboxylic acids is 1. The predicted octanol–water partition coefficient (Wildman–Crippen LogP) is 2.68. The lowest BCUT2D eigenvalue weighted by molar-refractivity contribution is -0.168. The SMILES string of the molecule is N/C(Cc1cccc(C(F)(F)F)c1)=C(\C(=O)O)C(=O)C(F)(F)F. The number of nitrogens with two attached hydrogens (primary N) is 1. The van der Waals surface area contributed by atoms with E-state index in [1.807, 2.05) is 0 Å². The molecule has 0 spiro atoms. The van der Waals surface area contributed by atoms with Crippen LogP contribution in [0.25, 0.3) is 0 Å². The molecule has 126 valence electrons. The second-order valence-corrected chi connectivity index (χ2v) is 4.41. The Kier molecular flexibility index (Phi) is 5.08. The van der Waals surface area contributed by atoms with E-state index in [1.165, 1.54) is 0 Å². The second-order valence-electron chi connectivity index (χ2n) is 4.41. The van der Waals surface area contributed by atoms with Crippen LogP contribution in [0.2, 0.25) is 0 Å². The number of hydrogen-bond donors (Lipinski definition) is 2. The average molecular weight is 341 g/mol. The first-order chi connectivity index (χ1) is 10.3. The van der Waals surface area contributed by atoms with Crippen molar-refractivity contribution in [1.29, 1.82) is 0 Å². The second kappa shape index (κ2) is 6.31. The summed E-state index contributed by atoms with van der Waals surface area (Å²) in [6.45, 7) is 0. The molecule has 0 aliphatic carbocycles. The topological polar surface area (TPSA) is 80.4 Å². The quantitative estimate of drug-likeness (QED) is 0.382. The number of Topliss-reactive ketones (excluding diaryl/α,β-unsaturated/α-hetero) is 1. The molecule has 10 heteroatoms. The van der Waals surface area contributed by atoms with Gasteiger partial charge in [-0.15, -0.1) is 0 Å². The zero-order valence-electron chi connectivity index (χ0n) is 11.1. The van der Waals surface area contributed by atoms with Crippen LogP contribution in [0.1, 0.15) is 11.1 Å². The molecule has 1 rings (SSSR count).